The van der Waals surface area contributed by atoms with E-state index in [-0.39, 0.29) is 6.10 Å². The number of nitrogen functional groups attached to an aromatic ring is 1. The van der Waals surface area contributed by atoms with Crippen LogP contribution in [0.1, 0.15) is 33.1 Å². The van der Waals surface area contributed by atoms with Crippen LogP contribution in [0.2, 0.25) is 0 Å². The van der Waals surface area contributed by atoms with Gasteiger partial charge in [-0.2, -0.15) is 0 Å². The predicted octanol–water partition coefficient (Wildman–Crippen LogP) is 3.48. The second-order valence-electron chi connectivity index (χ2n) is 5.56. The summed E-state index contributed by atoms with van der Waals surface area (Å²) in [6.07, 6.45) is 3.80. The Balaban J connectivity index is 2.08. The number of anilines is 1. The Hall–Kier alpha value is -1.38. The molecule has 2 unspecified atom stereocenters. The van der Waals surface area contributed by atoms with Gasteiger partial charge in [0.25, 0.3) is 0 Å². The van der Waals surface area contributed by atoms with Crippen LogP contribution in [0.15, 0.2) is 18.2 Å². The highest BCUT2D eigenvalue weighted by Crippen LogP contribution is 2.34. The Morgan fingerprint density at radius 2 is 1.78 bits per heavy atom. The van der Waals surface area contributed by atoms with Crippen LogP contribution in [0.5, 0.6) is 11.5 Å². The van der Waals surface area contributed by atoms with Crippen LogP contribution in [0.3, 0.4) is 0 Å². The predicted molar refractivity (Wildman–Crippen MR) is 74.0 cm³/mol. The van der Waals surface area contributed by atoms with Gasteiger partial charge in [-0.15, -0.1) is 0 Å². The molecule has 3 heteroatoms. The van der Waals surface area contributed by atoms with Gasteiger partial charge in [-0.3, -0.25) is 0 Å². The molecule has 3 nitrogen and oxygen atoms in total. The summed E-state index contributed by atoms with van der Waals surface area (Å²) >= 11 is 0. The molecule has 0 spiro atoms. The van der Waals surface area contributed by atoms with Gasteiger partial charge in [0.1, 0.15) is 11.5 Å². The van der Waals surface area contributed by atoms with E-state index in [0.29, 0.717) is 5.69 Å². The molecule has 0 amide bonds. The van der Waals surface area contributed by atoms with Crippen LogP contribution in [0, 0.1) is 11.8 Å². The van der Waals surface area contributed by atoms with Crippen LogP contribution in [0.25, 0.3) is 0 Å². The summed E-state index contributed by atoms with van der Waals surface area (Å²) in [4.78, 5) is 0. The van der Waals surface area contributed by atoms with Crippen molar-refractivity contribution in [3.8, 4) is 11.5 Å². The lowest BCUT2D eigenvalue weighted by Crippen LogP contribution is -2.28. The number of hydrogen-bond acceptors (Lipinski definition) is 3. The van der Waals surface area contributed by atoms with Gasteiger partial charge in [-0.05, 0) is 43.2 Å². The van der Waals surface area contributed by atoms with E-state index in [2.05, 4.69) is 13.8 Å². The van der Waals surface area contributed by atoms with Crippen LogP contribution >= 0.6 is 0 Å². The molecule has 2 N–H and O–H groups in total. The lowest BCUT2D eigenvalue weighted by Gasteiger charge is -2.32. The Bertz CT molecular complexity index is 395. The maximum atomic E-state index is 6.06. The fourth-order valence-corrected chi connectivity index (χ4v) is 2.89. The molecule has 0 aromatic heterocycles. The van der Waals surface area contributed by atoms with E-state index in [0.717, 1.165) is 36.2 Å². The molecule has 2 rings (SSSR count). The smallest absolute Gasteiger partial charge is 0.146 e. The summed E-state index contributed by atoms with van der Waals surface area (Å²) in [6.45, 7) is 4.59. The Labute approximate surface area is 109 Å². The molecule has 18 heavy (non-hydrogen) atoms. The molecule has 1 aromatic rings. The van der Waals surface area contributed by atoms with Crippen LogP contribution in [0.4, 0.5) is 5.69 Å². The lowest BCUT2D eigenvalue weighted by molar-refractivity contribution is 0.101. The van der Waals surface area contributed by atoms with Gasteiger partial charge in [0.15, 0.2) is 0 Å². The Morgan fingerprint density at radius 3 is 2.39 bits per heavy atom. The van der Waals surface area contributed by atoms with Gasteiger partial charge >= 0.3 is 0 Å². The average Bonchev–Trinajstić information content (AvgIpc) is 2.30. The standard InChI is InChI=1S/C15H23NO2/c1-10-6-11(2)8-13(7-10)18-15-9-12(17-3)4-5-14(15)16/h4-5,9-11,13H,6-8,16H2,1-3H3. The minimum absolute atomic E-state index is 0.276. The van der Waals surface area contributed by atoms with Crippen molar-refractivity contribution in [3.05, 3.63) is 18.2 Å². The first kappa shape index (κ1) is 13.1. The molecule has 0 bridgehead atoms. The van der Waals surface area contributed by atoms with Crippen LogP contribution in [-0.2, 0) is 0 Å². The topological polar surface area (TPSA) is 44.5 Å². The number of methoxy groups -OCH3 is 1. The van der Waals surface area contributed by atoms with Crippen LogP contribution < -0.4 is 15.2 Å². The molecule has 1 saturated carbocycles. The number of ether oxygens (including phenoxy) is 2. The van der Waals surface area contributed by atoms with Crippen molar-refractivity contribution in [2.24, 2.45) is 11.8 Å². The highest BCUT2D eigenvalue weighted by molar-refractivity contribution is 5.55. The molecular formula is C15H23NO2. The fraction of sp³-hybridized carbons (Fsp3) is 0.600. The number of nitrogens with two attached hydrogens (primary N) is 1. The summed E-state index contributed by atoms with van der Waals surface area (Å²) in [5.74, 6) is 2.99. The van der Waals surface area contributed by atoms with E-state index in [1.807, 2.05) is 18.2 Å². The van der Waals surface area contributed by atoms with Crippen molar-refractivity contribution in [3.63, 3.8) is 0 Å². The normalized spacial score (nSPS) is 27.8. The monoisotopic (exact) mass is 249 g/mol. The van der Waals surface area contributed by atoms with E-state index in [9.17, 15) is 0 Å². The van der Waals surface area contributed by atoms with E-state index < -0.39 is 0 Å². The first-order valence-electron chi connectivity index (χ1n) is 6.68. The summed E-state index contributed by atoms with van der Waals surface area (Å²) < 4.78 is 11.3. The summed E-state index contributed by atoms with van der Waals surface area (Å²) in [5, 5.41) is 0. The summed E-state index contributed by atoms with van der Waals surface area (Å²) in [6, 6.07) is 5.57. The van der Waals surface area contributed by atoms with Crippen molar-refractivity contribution < 1.29 is 9.47 Å². The van der Waals surface area contributed by atoms with Crippen molar-refractivity contribution in [2.75, 3.05) is 12.8 Å². The van der Waals surface area contributed by atoms with Gasteiger partial charge in [0.2, 0.25) is 0 Å². The van der Waals surface area contributed by atoms with Crippen molar-refractivity contribution in [1.29, 1.82) is 0 Å². The third kappa shape index (κ3) is 3.09. The third-order valence-electron chi connectivity index (χ3n) is 3.65. The first-order chi connectivity index (χ1) is 8.58. The zero-order valence-electron chi connectivity index (χ0n) is 11.5. The van der Waals surface area contributed by atoms with Crippen LogP contribution in [-0.4, -0.2) is 13.2 Å². The van der Waals surface area contributed by atoms with Gasteiger partial charge < -0.3 is 15.2 Å². The van der Waals surface area contributed by atoms with E-state index >= 15 is 0 Å². The fourth-order valence-electron chi connectivity index (χ4n) is 2.89. The van der Waals surface area contributed by atoms with Gasteiger partial charge in [0, 0.05) is 6.07 Å². The number of hydrogen-bond donors (Lipinski definition) is 1. The molecule has 1 aliphatic carbocycles. The molecule has 1 fully saturated rings. The van der Waals surface area contributed by atoms with E-state index in [1.165, 1.54) is 6.42 Å². The average molecular weight is 249 g/mol. The Morgan fingerprint density at radius 1 is 1.11 bits per heavy atom. The molecule has 0 heterocycles. The third-order valence-corrected chi connectivity index (χ3v) is 3.65. The molecule has 1 aliphatic rings. The minimum atomic E-state index is 0.276. The second kappa shape index (κ2) is 5.51. The highest BCUT2D eigenvalue weighted by atomic mass is 16.5. The Kier molecular flexibility index (Phi) is 4.00. The SMILES string of the molecule is COc1ccc(N)c(OC2CC(C)CC(C)C2)c1. The van der Waals surface area contributed by atoms with Gasteiger partial charge in [-0.1, -0.05) is 13.8 Å². The molecule has 0 aliphatic heterocycles. The summed E-state index contributed by atoms with van der Waals surface area (Å²) in [7, 11) is 1.65. The lowest BCUT2D eigenvalue weighted by atomic mass is 9.82. The van der Waals surface area contributed by atoms with Crippen molar-refractivity contribution in [2.45, 2.75) is 39.2 Å². The molecular weight excluding hydrogens is 226 g/mol. The minimum Gasteiger partial charge on any atom is -0.497 e. The maximum Gasteiger partial charge on any atom is 0.146 e. The molecule has 0 saturated heterocycles. The van der Waals surface area contributed by atoms with E-state index in [4.69, 9.17) is 15.2 Å². The molecule has 100 valence electrons. The number of benzene rings is 1. The maximum absolute atomic E-state index is 6.06. The molecule has 0 radical (unpaired) electrons. The molecule has 2 atom stereocenters. The zero-order chi connectivity index (χ0) is 13.1. The van der Waals surface area contributed by atoms with Gasteiger partial charge in [-0.25, -0.2) is 0 Å². The highest BCUT2D eigenvalue weighted by Gasteiger charge is 2.25. The summed E-state index contributed by atoms with van der Waals surface area (Å²) in [5.41, 5.74) is 6.63. The second-order valence-corrected chi connectivity index (χ2v) is 5.56. The van der Waals surface area contributed by atoms with Crippen molar-refractivity contribution in [1.82, 2.24) is 0 Å². The largest absolute Gasteiger partial charge is 0.497 e. The first-order valence-corrected chi connectivity index (χ1v) is 6.68. The van der Waals surface area contributed by atoms with Crippen molar-refractivity contribution >= 4 is 5.69 Å². The quantitative estimate of drug-likeness (QED) is 0.834. The molecule has 1 aromatic carbocycles. The van der Waals surface area contributed by atoms with Gasteiger partial charge in [0.05, 0.1) is 18.9 Å². The zero-order valence-corrected chi connectivity index (χ0v) is 11.5. The van der Waals surface area contributed by atoms with E-state index in [1.54, 1.807) is 7.11 Å². The number of rotatable bonds is 3.